The number of esters is 1. The van der Waals surface area contributed by atoms with Gasteiger partial charge in [-0.2, -0.15) is 0 Å². The van der Waals surface area contributed by atoms with Crippen LogP contribution in [-0.2, 0) is 14.3 Å². The van der Waals surface area contributed by atoms with Crippen LogP contribution < -0.4 is 11.1 Å². The SMILES string of the molecule is CCOC(=O)C(N)C(=O)Nc1cc(C)ccc1F. The lowest BCUT2D eigenvalue weighted by molar-refractivity contribution is -0.146. The average Bonchev–Trinajstić information content (AvgIpc) is 2.33. The van der Waals surface area contributed by atoms with Gasteiger partial charge in [-0.25, -0.2) is 9.18 Å². The Hall–Kier alpha value is -1.95. The molecule has 0 saturated carbocycles. The van der Waals surface area contributed by atoms with E-state index in [9.17, 15) is 14.0 Å². The predicted octanol–water partition coefficient (Wildman–Crippen LogP) is 0.963. The summed E-state index contributed by atoms with van der Waals surface area (Å²) in [5.74, 6) is -2.24. The van der Waals surface area contributed by atoms with Crippen molar-refractivity contribution in [3.05, 3.63) is 29.6 Å². The van der Waals surface area contributed by atoms with Crippen molar-refractivity contribution < 1.29 is 18.7 Å². The maximum Gasteiger partial charge on any atom is 0.332 e. The van der Waals surface area contributed by atoms with Gasteiger partial charge in [0.25, 0.3) is 5.91 Å². The van der Waals surface area contributed by atoms with Crippen LogP contribution in [0.3, 0.4) is 0 Å². The van der Waals surface area contributed by atoms with Crippen molar-refractivity contribution in [2.75, 3.05) is 11.9 Å². The second kappa shape index (κ2) is 6.11. The quantitative estimate of drug-likeness (QED) is 0.619. The van der Waals surface area contributed by atoms with Gasteiger partial charge >= 0.3 is 5.97 Å². The van der Waals surface area contributed by atoms with Gasteiger partial charge in [0.2, 0.25) is 0 Å². The van der Waals surface area contributed by atoms with Crippen LogP contribution in [0.5, 0.6) is 0 Å². The molecule has 0 spiro atoms. The highest BCUT2D eigenvalue weighted by Gasteiger charge is 2.24. The molecule has 0 heterocycles. The van der Waals surface area contributed by atoms with Crippen molar-refractivity contribution in [3.8, 4) is 0 Å². The maximum absolute atomic E-state index is 13.4. The van der Waals surface area contributed by atoms with E-state index in [1.807, 2.05) is 0 Å². The number of carbonyl (C=O) groups is 2. The fourth-order valence-electron chi connectivity index (χ4n) is 1.28. The molecule has 6 heteroatoms. The minimum Gasteiger partial charge on any atom is -0.464 e. The lowest BCUT2D eigenvalue weighted by atomic mass is 10.2. The first-order valence-corrected chi connectivity index (χ1v) is 5.45. The summed E-state index contributed by atoms with van der Waals surface area (Å²) in [6.45, 7) is 3.47. The number of nitrogens with two attached hydrogens (primary N) is 1. The summed E-state index contributed by atoms with van der Waals surface area (Å²) in [4.78, 5) is 22.8. The van der Waals surface area contributed by atoms with Gasteiger partial charge in [0.05, 0.1) is 12.3 Å². The third-order valence-electron chi connectivity index (χ3n) is 2.20. The maximum atomic E-state index is 13.4. The first-order valence-electron chi connectivity index (χ1n) is 5.45. The molecule has 0 bridgehead atoms. The van der Waals surface area contributed by atoms with Gasteiger partial charge in [-0.05, 0) is 31.5 Å². The van der Waals surface area contributed by atoms with Crippen molar-refractivity contribution in [1.82, 2.24) is 0 Å². The van der Waals surface area contributed by atoms with E-state index in [0.29, 0.717) is 0 Å². The van der Waals surface area contributed by atoms with Crippen LogP contribution in [0.1, 0.15) is 12.5 Å². The molecule has 3 N–H and O–H groups in total. The first kappa shape index (κ1) is 14.1. The number of aryl methyl sites for hydroxylation is 1. The molecule has 0 aromatic heterocycles. The first-order chi connectivity index (χ1) is 8.45. The third-order valence-corrected chi connectivity index (χ3v) is 2.20. The Morgan fingerprint density at radius 1 is 1.50 bits per heavy atom. The second-order valence-electron chi connectivity index (χ2n) is 3.70. The largest absolute Gasteiger partial charge is 0.464 e. The van der Waals surface area contributed by atoms with Crippen molar-refractivity contribution in [1.29, 1.82) is 0 Å². The Bertz CT molecular complexity index is 463. The average molecular weight is 254 g/mol. The molecule has 1 atom stereocenters. The Kier molecular flexibility index (Phi) is 4.79. The topological polar surface area (TPSA) is 81.4 Å². The van der Waals surface area contributed by atoms with Crippen molar-refractivity contribution in [2.24, 2.45) is 5.73 Å². The third kappa shape index (κ3) is 3.53. The van der Waals surface area contributed by atoms with Crippen molar-refractivity contribution in [2.45, 2.75) is 19.9 Å². The second-order valence-corrected chi connectivity index (χ2v) is 3.70. The van der Waals surface area contributed by atoms with Crippen LogP contribution in [0.4, 0.5) is 10.1 Å². The molecule has 5 nitrogen and oxygen atoms in total. The van der Waals surface area contributed by atoms with Crippen LogP contribution in [0.2, 0.25) is 0 Å². The summed E-state index contributed by atoms with van der Waals surface area (Å²) < 4.78 is 18.0. The Labute approximate surface area is 104 Å². The van der Waals surface area contributed by atoms with Gasteiger partial charge in [-0.1, -0.05) is 6.07 Å². The number of ether oxygens (including phenoxy) is 1. The Morgan fingerprint density at radius 2 is 2.17 bits per heavy atom. The molecule has 0 aliphatic carbocycles. The molecular formula is C12H15FN2O3. The van der Waals surface area contributed by atoms with E-state index in [0.717, 1.165) is 5.56 Å². The summed E-state index contributed by atoms with van der Waals surface area (Å²) in [6.07, 6.45) is 0. The molecule has 0 saturated heterocycles. The standard InChI is InChI=1S/C12H15FN2O3/c1-3-18-12(17)10(14)11(16)15-9-6-7(2)4-5-8(9)13/h4-6,10H,3,14H2,1-2H3,(H,15,16). The van der Waals surface area contributed by atoms with E-state index >= 15 is 0 Å². The van der Waals surface area contributed by atoms with E-state index < -0.39 is 23.7 Å². The Morgan fingerprint density at radius 3 is 2.78 bits per heavy atom. The number of nitrogens with one attached hydrogen (secondary N) is 1. The number of amides is 1. The van der Waals surface area contributed by atoms with Crippen molar-refractivity contribution in [3.63, 3.8) is 0 Å². The zero-order valence-electron chi connectivity index (χ0n) is 10.2. The summed E-state index contributed by atoms with van der Waals surface area (Å²) in [7, 11) is 0. The summed E-state index contributed by atoms with van der Waals surface area (Å²) >= 11 is 0. The van der Waals surface area contributed by atoms with E-state index in [1.165, 1.54) is 12.1 Å². The molecule has 98 valence electrons. The van der Waals surface area contributed by atoms with Crippen molar-refractivity contribution >= 4 is 17.6 Å². The van der Waals surface area contributed by atoms with Gasteiger partial charge < -0.3 is 15.8 Å². The fourth-order valence-corrected chi connectivity index (χ4v) is 1.28. The molecule has 0 radical (unpaired) electrons. The highest BCUT2D eigenvalue weighted by molar-refractivity contribution is 6.08. The normalized spacial score (nSPS) is 11.8. The minimum absolute atomic E-state index is 0.0141. The van der Waals surface area contributed by atoms with E-state index in [4.69, 9.17) is 5.73 Å². The summed E-state index contributed by atoms with van der Waals surface area (Å²) in [5.41, 5.74) is 6.13. The van der Waals surface area contributed by atoms with E-state index in [-0.39, 0.29) is 12.3 Å². The number of rotatable bonds is 4. The van der Waals surface area contributed by atoms with Crippen LogP contribution in [0, 0.1) is 12.7 Å². The lowest BCUT2D eigenvalue weighted by Crippen LogP contribution is -2.43. The van der Waals surface area contributed by atoms with Crippen LogP contribution in [0.25, 0.3) is 0 Å². The summed E-state index contributed by atoms with van der Waals surface area (Å²) in [5, 5.41) is 2.25. The molecule has 1 rings (SSSR count). The molecule has 0 fully saturated rings. The highest BCUT2D eigenvalue weighted by Crippen LogP contribution is 2.15. The van der Waals surface area contributed by atoms with E-state index in [1.54, 1.807) is 19.9 Å². The van der Waals surface area contributed by atoms with Crippen LogP contribution in [0.15, 0.2) is 18.2 Å². The number of anilines is 1. The lowest BCUT2D eigenvalue weighted by Gasteiger charge is -2.12. The Balaban J connectivity index is 2.75. The van der Waals surface area contributed by atoms with Gasteiger partial charge in [-0.3, -0.25) is 4.79 Å². The number of hydrogen-bond donors (Lipinski definition) is 2. The van der Waals surface area contributed by atoms with Crippen LogP contribution >= 0.6 is 0 Å². The molecule has 0 aliphatic rings. The molecule has 1 unspecified atom stereocenters. The number of benzene rings is 1. The molecular weight excluding hydrogens is 239 g/mol. The summed E-state index contributed by atoms with van der Waals surface area (Å²) in [6, 6.07) is 2.77. The van der Waals surface area contributed by atoms with Gasteiger partial charge in [-0.15, -0.1) is 0 Å². The predicted molar refractivity (Wildman–Crippen MR) is 64.4 cm³/mol. The molecule has 1 amide bonds. The smallest absolute Gasteiger partial charge is 0.332 e. The molecule has 1 aromatic carbocycles. The number of hydrogen-bond acceptors (Lipinski definition) is 4. The number of halogens is 1. The highest BCUT2D eigenvalue weighted by atomic mass is 19.1. The minimum atomic E-state index is -1.47. The van der Waals surface area contributed by atoms with Crippen LogP contribution in [-0.4, -0.2) is 24.5 Å². The van der Waals surface area contributed by atoms with Gasteiger partial charge in [0, 0.05) is 0 Å². The zero-order valence-corrected chi connectivity index (χ0v) is 10.2. The van der Waals surface area contributed by atoms with Gasteiger partial charge in [0.15, 0.2) is 6.04 Å². The zero-order chi connectivity index (χ0) is 13.7. The van der Waals surface area contributed by atoms with E-state index in [2.05, 4.69) is 10.1 Å². The number of carbonyl (C=O) groups excluding carboxylic acids is 2. The monoisotopic (exact) mass is 254 g/mol. The molecule has 1 aromatic rings. The molecule has 0 aliphatic heterocycles. The fraction of sp³-hybridized carbons (Fsp3) is 0.333. The molecule has 18 heavy (non-hydrogen) atoms. The van der Waals surface area contributed by atoms with Gasteiger partial charge in [0.1, 0.15) is 5.82 Å².